The number of amides is 1. The van der Waals surface area contributed by atoms with Crippen molar-refractivity contribution in [2.45, 2.75) is 264 Å². The van der Waals surface area contributed by atoms with Crippen LogP contribution in [0.1, 0.15) is 251 Å². The lowest BCUT2D eigenvalue weighted by atomic mass is 10.0. The summed E-state index contributed by atoms with van der Waals surface area (Å²) in [5.41, 5.74) is 0. The van der Waals surface area contributed by atoms with Gasteiger partial charge in [0.1, 0.15) is 0 Å². The van der Waals surface area contributed by atoms with E-state index in [1.807, 2.05) is 6.08 Å². The van der Waals surface area contributed by atoms with E-state index in [9.17, 15) is 15.0 Å². The Bertz CT molecular complexity index is 877. The van der Waals surface area contributed by atoms with Gasteiger partial charge >= 0.3 is 0 Å². The molecule has 2 unspecified atom stereocenters. The molecule has 4 heteroatoms. The van der Waals surface area contributed by atoms with Crippen molar-refractivity contribution in [1.82, 2.24) is 5.32 Å². The van der Waals surface area contributed by atoms with Crippen molar-refractivity contribution in [3.8, 4) is 0 Å². The maximum Gasteiger partial charge on any atom is 0.220 e. The number of hydrogen-bond donors (Lipinski definition) is 3. The van der Waals surface area contributed by atoms with E-state index in [1.54, 1.807) is 0 Å². The van der Waals surface area contributed by atoms with Gasteiger partial charge in [-0.1, -0.05) is 255 Å². The zero-order valence-electron chi connectivity index (χ0n) is 36.9. The first-order valence-corrected chi connectivity index (χ1v) is 24.3. The SMILES string of the molecule is CC/C=C\C/C=C\C/C=C\C/C=C\CCC(=O)NC(CO)C(O)CCCCCCCCCCCCCCCCCCCCCCCCCCCCCCCC. The maximum absolute atomic E-state index is 12.3. The van der Waals surface area contributed by atoms with E-state index in [0.717, 1.165) is 38.5 Å². The maximum atomic E-state index is 12.3. The number of unbranched alkanes of at least 4 members (excludes halogenated alkanes) is 29. The fraction of sp³-hybridized carbons (Fsp3) is 0.824. The topological polar surface area (TPSA) is 69.6 Å². The molecule has 0 aromatic carbocycles. The minimum atomic E-state index is -0.690. The summed E-state index contributed by atoms with van der Waals surface area (Å²) in [6, 6.07) is -0.575. The highest BCUT2D eigenvalue weighted by Gasteiger charge is 2.19. The van der Waals surface area contributed by atoms with E-state index in [4.69, 9.17) is 0 Å². The summed E-state index contributed by atoms with van der Waals surface area (Å²) in [6.45, 7) is 4.22. The second-order valence-corrected chi connectivity index (χ2v) is 16.5. The van der Waals surface area contributed by atoms with E-state index in [0.29, 0.717) is 19.3 Å². The highest BCUT2D eigenvalue weighted by atomic mass is 16.3. The lowest BCUT2D eigenvalue weighted by molar-refractivity contribution is -0.123. The van der Waals surface area contributed by atoms with Gasteiger partial charge < -0.3 is 15.5 Å². The Kier molecular flexibility index (Phi) is 45.3. The quantitative estimate of drug-likeness (QED) is 0.0427. The summed E-state index contributed by atoms with van der Waals surface area (Å²) < 4.78 is 0. The van der Waals surface area contributed by atoms with Crippen molar-refractivity contribution < 1.29 is 15.0 Å². The average Bonchev–Trinajstić information content (AvgIpc) is 3.19. The van der Waals surface area contributed by atoms with Crippen LogP contribution in [-0.2, 0) is 4.79 Å². The van der Waals surface area contributed by atoms with Crippen LogP contribution in [0.15, 0.2) is 48.6 Å². The van der Waals surface area contributed by atoms with Crippen LogP contribution in [0.4, 0.5) is 0 Å². The highest BCUT2D eigenvalue weighted by molar-refractivity contribution is 5.76. The molecule has 0 spiro atoms. The van der Waals surface area contributed by atoms with Gasteiger partial charge in [0, 0.05) is 6.42 Å². The predicted octanol–water partition coefficient (Wildman–Crippen LogP) is 15.5. The molecule has 0 heterocycles. The molecular weight excluding hydrogens is 675 g/mol. The Balaban J connectivity index is 3.45. The van der Waals surface area contributed by atoms with Crippen molar-refractivity contribution in [1.29, 1.82) is 0 Å². The molecule has 0 aliphatic heterocycles. The van der Waals surface area contributed by atoms with Gasteiger partial charge in [-0.2, -0.15) is 0 Å². The summed E-state index contributed by atoms with van der Waals surface area (Å²) in [5, 5.41) is 23.1. The third kappa shape index (κ3) is 43.3. The lowest BCUT2D eigenvalue weighted by Crippen LogP contribution is -2.45. The molecule has 322 valence electrons. The smallest absolute Gasteiger partial charge is 0.220 e. The zero-order chi connectivity index (χ0) is 40.0. The molecular formula is C51H95NO3. The number of nitrogens with one attached hydrogen (secondary N) is 1. The molecule has 55 heavy (non-hydrogen) atoms. The Morgan fingerprint density at radius 2 is 0.764 bits per heavy atom. The molecule has 1 amide bonds. The van der Waals surface area contributed by atoms with Crippen LogP contribution in [-0.4, -0.2) is 34.9 Å². The van der Waals surface area contributed by atoms with Crippen LogP contribution in [0.3, 0.4) is 0 Å². The van der Waals surface area contributed by atoms with Gasteiger partial charge in [-0.25, -0.2) is 0 Å². The second-order valence-electron chi connectivity index (χ2n) is 16.5. The summed E-state index contributed by atoms with van der Waals surface area (Å²) in [7, 11) is 0. The summed E-state index contributed by atoms with van der Waals surface area (Å²) >= 11 is 0. The van der Waals surface area contributed by atoms with E-state index < -0.39 is 12.1 Å². The van der Waals surface area contributed by atoms with Gasteiger partial charge in [-0.05, 0) is 38.5 Å². The number of aliphatic hydroxyl groups is 2. The van der Waals surface area contributed by atoms with Gasteiger partial charge in [0.15, 0.2) is 0 Å². The van der Waals surface area contributed by atoms with Crippen LogP contribution in [0, 0.1) is 0 Å². The Hall–Kier alpha value is -1.65. The molecule has 0 aliphatic rings. The normalized spacial score (nSPS) is 13.3. The van der Waals surface area contributed by atoms with E-state index in [2.05, 4.69) is 61.7 Å². The fourth-order valence-corrected chi connectivity index (χ4v) is 7.43. The third-order valence-corrected chi connectivity index (χ3v) is 11.1. The number of rotatable bonds is 44. The molecule has 0 saturated carbocycles. The summed E-state index contributed by atoms with van der Waals surface area (Å²) in [5.74, 6) is -0.110. The molecule has 0 aliphatic carbocycles. The van der Waals surface area contributed by atoms with Gasteiger partial charge in [0.25, 0.3) is 0 Å². The van der Waals surface area contributed by atoms with Crippen LogP contribution < -0.4 is 5.32 Å². The standard InChI is InChI=1S/C51H95NO3/c1-3-5-7-9-11-13-15-17-18-19-20-21-22-23-24-25-26-27-28-29-30-31-32-33-35-36-38-40-42-44-46-50(54)49(48-53)52-51(55)47-45-43-41-39-37-34-16-14-12-10-8-6-4-2/h6,8,12,14,34,37,41,43,49-50,53-54H,3-5,7,9-11,13,15-33,35-36,38-40,42,44-48H2,1-2H3,(H,52,55)/b8-6-,14-12-,37-34-,43-41-. The molecule has 3 N–H and O–H groups in total. The van der Waals surface area contributed by atoms with Crippen LogP contribution in [0.2, 0.25) is 0 Å². The highest BCUT2D eigenvalue weighted by Crippen LogP contribution is 2.17. The number of hydrogen-bond acceptors (Lipinski definition) is 3. The Labute approximate surface area is 344 Å². The molecule has 0 aromatic heterocycles. The predicted molar refractivity (Wildman–Crippen MR) is 244 cm³/mol. The van der Waals surface area contributed by atoms with Gasteiger partial charge in [-0.3, -0.25) is 4.79 Å². The zero-order valence-corrected chi connectivity index (χ0v) is 36.9. The monoisotopic (exact) mass is 770 g/mol. The molecule has 0 fully saturated rings. The van der Waals surface area contributed by atoms with Gasteiger partial charge in [-0.15, -0.1) is 0 Å². The molecule has 0 bridgehead atoms. The average molecular weight is 770 g/mol. The molecule has 0 aromatic rings. The fourth-order valence-electron chi connectivity index (χ4n) is 7.43. The molecule has 0 radical (unpaired) electrons. The molecule has 2 atom stereocenters. The van der Waals surface area contributed by atoms with E-state index in [-0.39, 0.29) is 12.5 Å². The summed E-state index contributed by atoms with van der Waals surface area (Å²) in [4.78, 5) is 12.3. The Morgan fingerprint density at radius 1 is 0.455 bits per heavy atom. The second kappa shape index (κ2) is 46.7. The van der Waals surface area contributed by atoms with Crippen molar-refractivity contribution in [2.75, 3.05) is 6.61 Å². The largest absolute Gasteiger partial charge is 0.394 e. The van der Waals surface area contributed by atoms with Crippen LogP contribution in [0.25, 0.3) is 0 Å². The lowest BCUT2D eigenvalue weighted by Gasteiger charge is -2.22. The van der Waals surface area contributed by atoms with Crippen molar-refractivity contribution >= 4 is 5.91 Å². The molecule has 0 rings (SSSR count). The number of aliphatic hydroxyl groups excluding tert-OH is 2. The van der Waals surface area contributed by atoms with Crippen molar-refractivity contribution in [3.05, 3.63) is 48.6 Å². The molecule has 0 saturated heterocycles. The minimum Gasteiger partial charge on any atom is -0.394 e. The first-order valence-electron chi connectivity index (χ1n) is 24.3. The van der Waals surface area contributed by atoms with Crippen LogP contribution in [0.5, 0.6) is 0 Å². The first-order chi connectivity index (χ1) is 27.2. The van der Waals surface area contributed by atoms with Gasteiger partial charge in [0.2, 0.25) is 5.91 Å². The number of carbonyl (C=O) groups is 1. The first kappa shape index (κ1) is 53.4. The number of carbonyl (C=O) groups excluding carboxylic acids is 1. The minimum absolute atomic E-state index is 0.110. The molecule has 4 nitrogen and oxygen atoms in total. The summed E-state index contributed by atoms with van der Waals surface area (Å²) in [6.07, 6.45) is 63.8. The van der Waals surface area contributed by atoms with E-state index >= 15 is 0 Å². The van der Waals surface area contributed by atoms with Crippen molar-refractivity contribution in [2.24, 2.45) is 0 Å². The van der Waals surface area contributed by atoms with Gasteiger partial charge in [0.05, 0.1) is 18.8 Å². The Morgan fingerprint density at radius 3 is 1.09 bits per heavy atom. The van der Waals surface area contributed by atoms with Crippen LogP contribution >= 0.6 is 0 Å². The van der Waals surface area contributed by atoms with Crippen molar-refractivity contribution in [3.63, 3.8) is 0 Å². The number of allylic oxidation sites excluding steroid dienone is 8. The van der Waals surface area contributed by atoms with E-state index in [1.165, 1.54) is 180 Å². The third-order valence-electron chi connectivity index (χ3n) is 11.1.